The van der Waals surface area contributed by atoms with Crippen LogP contribution in [0.25, 0.3) is 89.0 Å². The van der Waals surface area contributed by atoms with Crippen LogP contribution in [0.15, 0.2) is 373 Å². The van der Waals surface area contributed by atoms with Crippen LogP contribution in [-0.2, 0) is 6.42 Å². The molecule has 14 aromatic rings. The van der Waals surface area contributed by atoms with E-state index < -0.39 is 0 Å². The molecule has 0 saturated heterocycles. The van der Waals surface area contributed by atoms with Crippen LogP contribution in [0.2, 0.25) is 0 Å². The molecule has 0 fully saturated rings. The minimum absolute atomic E-state index is 0. The molecule has 14 rings (SSSR count). The van der Waals surface area contributed by atoms with Crippen molar-refractivity contribution in [2.24, 2.45) is 0 Å². The van der Waals surface area contributed by atoms with Crippen molar-refractivity contribution in [1.29, 1.82) is 0 Å². The van der Waals surface area contributed by atoms with Gasteiger partial charge in [-0.2, -0.15) is 0 Å². The molecule has 4 heteroatoms. The van der Waals surface area contributed by atoms with Gasteiger partial charge in [0.25, 0.3) is 0 Å². The Morgan fingerprint density at radius 2 is 0.478 bits per heavy atom. The molecule has 0 aliphatic carbocycles. The van der Waals surface area contributed by atoms with Gasteiger partial charge in [-0.3, -0.25) is 0 Å². The molecule has 90 heavy (non-hydrogen) atoms. The van der Waals surface area contributed by atoms with E-state index in [1.54, 1.807) is 0 Å². The number of nitrogens with zero attached hydrogens (tertiary/aromatic N) is 1. The molecule has 0 saturated carbocycles. The predicted octanol–water partition coefficient (Wildman–Crippen LogP) is 26.2. The zero-order valence-electron chi connectivity index (χ0n) is 48.9. The van der Waals surface area contributed by atoms with Gasteiger partial charge in [0, 0.05) is 29.6 Å². The van der Waals surface area contributed by atoms with Gasteiger partial charge in [-0.05, 0) is 202 Å². The van der Waals surface area contributed by atoms with Gasteiger partial charge >= 0.3 is 0 Å². The van der Waals surface area contributed by atoms with Crippen molar-refractivity contribution >= 4 is 71.5 Å². The molecule has 1 nitrogen and oxygen atoms in total. The third kappa shape index (κ3) is 15.9. The third-order valence-electron chi connectivity index (χ3n) is 15.7. The van der Waals surface area contributed by atoms with Gasteiger partial charge in [-0.15, -0.1) is 0 Å². The van der Waals surface area contributed by atoms with Crippen LogP contribution in [0.3, 0.4) is 0 Å². The smallest absolute Gasteiger partial charge is 0.0468 e. The largest absolute Gasteiger partial charge is 0.310 e. The molecule has 0 bridgehead atoms. The number of hydrogen-bond acceptors (Lipinski definition) is 1. The maximum Gasteiger partial charge on any atom is 0.0468 e. The van der Waals surface area contributed by atoms with Crippen LogP contribution < -0.4 is 4.90 Å². The molecular formula is C86H66Br2IN. The van der Waals surface area contributed by atoms with E-state index in [9.17, 15) is 0 Å². The Hall–Kier alpha value is -9.43. The Kier molecular flexibility index (Phi) is 21.2. The van der Waals surface area contributed by atoms with E-state index in [1.165, 1.54) is 104 Å². The van der Waals surface area contributed by atoms with Crippen molar-refractivity contribution in [3.05, 3.63) is 388 Å². The Morgan fingerprint density at radius 3 is 0.844 bits per heavy atom. The van der Waals surface area contributed by atoms with Crippen LogP contribution in [-0.4, -0.2) is 0 Å². The van der Waals surface area contributed by atoms with E-state index in [1.807, 2.05) is 0 Å². The fourth-order valence-corrected chi connectivity index (χ4v) is 12.0. The minimum Gasteiger partial charge on any atom is -0.310 e. The third-order valence-corrected chi connectivity index (χ3v) is 17.5. The molecule has 0 amide bonds. The first-order valence-corrected chi connectivity index (χ1v) is 32.5. The summed E-state index contributed by atoms with van der Waals surface area (Å²) in [6.07, 6.45) is 0.921. The van der Waals surface area contributed by atoms with Crippen LogP contribution in [0.1, 0.15) is 18.6 Å². The van der Waals surface area contributed by atoms with Gasteiger partial charge in [0.15, 0.2) is 0 Å². The van der Waals surface area contributed by atoms with Gasteiger partial charge in [-0.25, -0.2) is 0 Å². The Labute approximate surface area is 562 Å². The average Bonchev–Trinajstić information content (AvgIpc) is 1.63. The molecule has 436 valence electrons. The molecule has 0 spiro atoms. The summed E-state index contributed by atoms with van der Waals surface area (Å²) >= 11 is 9.30. The molecule has 0 heterocycles. The standard InChI is InChI=1S/C42H30BrN.C31H24.C12H8BrI.CH4/c43-37-22-16-32(17-23-37)34-20-26-39(27-21-34)44(38-24-18-33(19-25-38)31-10-4-1-5-11-31)40-28-29-41(35-12-6-2-7-13-35)42(30-40)36-14-8-3-9-15-36;1-4-10-26(11-5-1)27-19-16-24(17-20-27)22-25-18-21-30(28-12-6-2-7-13-28)31(23-25)29-14-8-3-9-15-29;13-11-5-1-9(2-6-11)10-3-7-12(14)8-4-10;/h1-30H;1-21,23H,22H2;1-8H;1H4. The zero-order chi connectivity index (χ0) is 60.6. The summed E-state index contributed by atoms with van der Waals surface area (Å²) in [4.78, 5) is 2.35. The number of anilines is 3. The monoisotopic (exact) mass is 1400 g/mol. The summed E-state index contributed by atoms with van der Waals surface area (Å²) in [6, 6.07) is 129. The number of hydrogen-bond donors (Lipinski definition) is 0. The summed E-state index contributed by atoms with van der Waals surface area (Å²) in [6.45, 7) is 0. The van der Waals surface area contributed by atoms with E-state index in [2.05, 4.69) is 423 Å². The molecule has 0 unspecified atom stereocenters. The lowest BCUT2D eigenvalue weighted by molar-refractivity contribution is 1.19. The predicted molar refractivity (Wildman–Crippen MR) is 402 cm³/mol. The number of halogens is 3. The summed E-state index contributed by atoms with van der Waals surface area (Å²) in [5.74, 6) is 0. The first-order chi connectivity index (χ1) is 43.8. The normalized spacial score (nSPS) is 10.6. The lowest BCUT2D eigenvalue weighted by atomic mass is 9.91. The van der Waals surface area contributed by atoms with Crippen LogP contribution in [0, 0.1) is 3.57 Å². The number of rotatable bonds is 13. The molecule has 0 aromatic heterocycles. The molecule has 0 N–H and O–H groups in total. The van der Waals surface area contributed by atoms with E-state index in [0.717, 1.165) is 32.4 Å². The van der Waals surface area contributed by atoms with Gasteiger partial charge < -0.3 is 4.90 Å². The summed E-state index contributed by atoms with van der Waals surface area (Å²) in [5.41, 5.74) is 25.6. The number of benzene rings is 14. The van der Waals surface area contributed by atoms with Gasteiger partial charge in [-0.1, -0.05) is 330 Å². The minimum atomic E-state index is 0. The second-order valence-corrected chi connectivity index (χ2v) is 24.7. The highest BCUT2D eigenvalue weighted by atomic mass is 127. The average molecular weight is 1400 g/mol. The van der Waals surface area contributed by atoms with Crippen LogP contribution in [0.4, 0.5) is 17.1 Å². The first kappa shape index (κ1) is 62.2. The Bertz CT molecular complexity index is 4450. The second-order valence-electron chi connectivity index (χ2n) is 21.6. The van der Waals surface area contributed by atoms with Gasteiger partial charge in [0.05, 0.1) is 0 Å². The summed E-state index contributed by atoms with van der Waals surface area (Å²) in [7, 11) is 0. The highest BCUT2D eigenvalue weighted by Crippen LogP contribution is 2.42. The molecule has 14 aromatic carbocycles. The van der Waals surface area contributed by atoms with E-state index in [4.69, 9.17) is 0 Å². The summed E-state index contributed by atoms with van der Waals surface area (Å²) < 4.78 is 3.46. The van der Waals surface area contributed by atoms with Crippen LogP contribution >= 0.6 is 54.5 Å². The molecule has 0 radical (unpaired) electrons. The highest BCUT2D eigenvalue weighted by molar-refractivity contribution is 14.1. The SMILES string of the molecule is Brc1ccc(-c2ccc(I)cc2)cc1.Brc1ccc(-c2ccc(N(c3ccc(-c4ccccc4)cc3)c3ccc(-c4ccccc4)c(-c4ccccc4)c3)cc2)cc1.C.c1ccc(-c2ccc(Cc3ccc(-c4ccccc4)c(-c4ccccc4)c3)cc2)cc1. The molecular weight excluding hydrogens is 1330 g/mol. The lowest BCUT2D eigenvalue weighted by Gasteiger charge is -2.27. The molecule has 0 aliphatic rings. The van der Waals surface area contributed by atoms with Gasteiger partial charge in [0.1, 0.15) is 0 Å². The van der Waals surface area contributed by atoms with Crippen molar-refractivity contribution in [1.82, 2.24) is 0 Å². The van der Waals surface area contributed by atoms with E-state index >= 15 is 0 Å². The first-order valence-electron chi connectivity index (χ1n) is 29.8. The van der Waals surface area contributed by atoms with E-state index in [0.29, 0.717) is 0 Å². The van der Waals surface area contributed by atoms with Crippen molar-refractivity contribution in [3.8, 4) is 89.0 Å². The van der Waals surface area contributed by atoms with Crippen molar-refractivity contribution < 1.29 is 0 Å². The topological polar surface area (TPSA) is 3.24 Å². The maximum absolute atomic E-state index is 3.56. The van der Waals surface area contributed by atoms with Crippen molar-refractivity contribution in [3.63, 3.8) is 0 Å². The quantitative estimate of drug-likeness (QED) is 0.104. The van der Waals surface area contributed by atoms with Crippen LogP contribution in [0.5, 0.6) is 0 Å². The van der Waals surface area contributed by atoms with Crippen molar-refractivity contribution in [2.75, 3.05) is 4.90 Å². The van der Waals surface area contributed by atoms with Gasteiger partial charge in [0.2, 0.25) is 0 Å². The molecule has 0 atom stereocenters. The molecule has 0 aliphatic heterocycles. The highest BCUT2D eigenvalue weighted by Gasteiger charge is 2.18. The maximum atomic E-state index is 3.56. The fraction of sp³-hybridized carbons (Fsp3) is 0.0233. The second kappa shape index (κ2) is 30.7. The Balaban J connectivity index is 0.000000156. The Morgan fingerprint density at radius 1 is 0.222 bits per heavy atom. The van der Waals surface area contributed by atoms with E-state index in [-0.39, 0.29) is 7.43 Å². The lowest BCUT2D eigenvalue weighted by Crippen LogP contribution is -2.10. The summed E-state index contributed by atoms with van der Waals surface area (Å²) in [5, 5.41) is 0. The van der Waals surface area contributed by atoms with Crippen molar-refractivity contribution in [2.45, 2.75) is 13.8 Å². The zero-order valence-corrected chi connectivity index (χ0v) is 54.3. The fourth-order valence-electron chi connectivity index (χ4n) is 11.1.